The quantitative estimate of drug-likeness (QED) is 0.357. The van der Waals surface area contributed by atoms with Crippen LogP contribution in [-0.2, 0) is 0 Å². The van der Waals surface area contributed by atoms with Crippen molar-refractivity contribution in [1.29, 1.82) is 0 Å². The first kappa shape index (κ1) is 12.7. The molecule has 2 aromatic carbocycles. The molecule has 0 aliphatic rings. The molecule has 0 bridgehead atoms. The van der Waals surface area contributed by atoms with E-state index in [2.05, 4.69) is 48.3 Å². The van der Waals surface area contributed by atoms with Crippen LogP contribution in [0.2, 0.25) is 0 Å². The summed E-state index contributed by atoms with van der Waals surface area (Å²) < 4.78 is 0. The van der Waals surface area contributed by atoms with Crippen molar-refractivity contribution in [2.75, 3.05) is 0 Å². The minimum Gasteiger partial charge on any atom is -0.411 e. The zero-order chi connectivity index (χ0) is 12.3. The van der Waals surface area contributed by atoms with Crippen molar-refractivity contribution in [1.82, 2.24) is 0 Å². The molecule has 1 N–H and O–H groups in total. The standard InChI is InChI=1S/C14H12.CH3NO/c1-3-7-13(8-4-1)11-12-14-9-5-2-6-10-14;1-2-3/h1-12H;3H,1H2. The third kappa shape index (κ3) is 5.33. The van der Waals surface area contributed by atoms with E-state index in [9.17, 15) is 0 Å². The highest BCUT2D eigenvalue weighted by Gasteiger charge is 1.84. The van der Waals surface area contributed by atoms with Gasteiger partial charge in [-0.05, 0) is 11.1 Å². The van der Waals surface area contributed by atoms with Crippen molar-refractivity contribution in [3.8, 4) is 0 Å². The highest BCUT2D eigenvalue weighted by molar-refractivity contribution is 5.69. The lowest BCUT2D eigenvalue weighted by Crippen LogP contribution is -1.70. The first-order valence-electron chi connectivity index (χ1n) is 5.25. The molecule has 2 aromatic rings. The molecule has 86 valence electrons. The zero-order valence-corrected chi connectivity index (χ0v) is 9.53. The molecule has 0 aromatic heterocycles. The Morgan fingerprint density at radius 3 is 1.35 bits per heavy atom. The van der Waals surface area contributed by atoms with Crippen LogP contribution in [0, 0.1) is 0 Å². The smallest absolute Gasteiger partial charge is 0.0298 e. The molecule has 0 atom stereocenters. The molecule has 0 aliphatic heterocycles. The van der Waals surface area contributed by atoms with Crippen LogP contribution < -0.4 is 0 Å². The maximum atomic E-state index is 7.08. The number of nitrogens with zero attached hydrogens (tertiary/aromatic N) is 1. The molecule has 0 saturated carbocycles. The Labute approximate surface area is 102 Å². The van der Waals surface area contributed by atoms with Gasteiger partial charge in [-0.3, -0.25) is 0 Å². The van der Waals surface area contributed by atoms with Crippen LogP contribution in [0.15, 0.2) is 65.8 Å². The van der Waals surface area contributed by atoms with Crippen molar-refractivity contribution >= 4 is 18.9 Å². The van der Waals surface area contributed by atoms with E-state index in [1.54, 1.807) is 0 Å². The van der Waals surface area contributed by atoms with Gasteiger partial charge < -0.3 is 5.21 Å². The fraction of sp³-hybridized carbons (Fsp3) is 0. The molecule has 2 rings (SSSR count). The van der Waals surface area contributed by atoms with Gasteiger partial charge in [0.25, 0.3) is 0 Å². The third-order valence-corrected chi connectivity index (χ3v) is 2.07. The Kier molecular flexibility index (Phi) is 5.89. The van der Waals surface area contributed by atoms with Crippen LogP contribution in [0.4, 0.5) is 0 Å². The van der Waals surface area contributed by atoms with Crippen molar-refractivity contribution in [2.24, 2.45) is 5.16 Å². The fourth-order valence-corrected chi connectivity index (χ4v) is 1.32. The van der Waals surface area contributed by atoms with Gasteiger partial charge in [0, 0.05) is 6.72 Å². The lowest BCUT2D eigenvalue weighted by atomic mass is 10.1. The largest absolute Gasteiger partial charge is 0.411 e. The molecule has 0 amide bonds. The summed E-state index contributed by atoms with van der Waals surface area (Å²) in [4.78, 5) is 0. The van der Waals surface area contributed by atoms with Crippen LogP contribution in [0.3, 0.4) is 0 Å². The Bertz CT molecular complexity index is 407. The van der Waals surface area contributed by atoms with Crippen LogP contribution in [0.1, 0.15) is 11.1 Å². The highest BCUT2D eigenvalue weighted by Crippen LogP contribution is 2.06. The van der Waals surface area contributed by atoms with Crippen molar-refractivity contribution in [3.05, 3.63) is 71.8 Å². The zero-order valence-electron chi connectivity index (χ0n) is 9.53. The van der Waals surface area contributed by atoms with Gasteiger partial charge in [-0.1, -0.05) is 72.8 Å². The predicted molar refractivity (Wildman–Crippen MR) is 73.1 cm³/mol. The number of rotatable bonds is 2. The fourth-order valence-electron chi connectivity index (χ4n) is 1.32. The average molecular weight is 225 g/mol. The van der Waals surface area contributed by atoms with Gasteiger partial charge in [-0.25, -0.2) is 0 Å². The van der Waals surface area contributed by atoms with Crippen molar-refractivity contribution < 1.29 is 5.21 Å². The van der Waals surface area contributed by atoms with Crippen LogP contribution in [-0.4, -0.2) is 11.9 Å². The second-order valence-corrected chi connectivity index (χ2v) is 3.30. The molecular formula is C15H15NO. The molecule has 0 fully saturated rings. The highest BCUT2D eigenvalue weighted by atomic mass is 16.4. The molecule has 0 heterocycles. The number of hydrogen-bond donors (Lipinski definition) is 1. The number of benzene rings is 2. The van der Waals surface area contributed by atoms with E-state index in [0.717, 1.165) is 0 Å². The molecule has 0 radical (unpaired) electrons. The van der Waals surface area contributed by atoms with Gasteiger partial charge in [-0.15, -0.1) is 5.16 Å². The molecule has 2 heteroatoms. The predicted octanol–water partition coefficient (Wildman–Crippen LogP) is 3.93. The van der Waals surface area contributed by atoms with Crippen LogP contribution in [0.25, 0.3) is 12.2 Å². The molecule has 2 nitrogen and oxygen atoms in total. The molecule has 0 aliphatic carbocycles. The third-order valence-electron chi connectivity index (χ3n) is 2.07. The maximum absolute atomic E-state index is 7.08. The minimum atomic E-state index is 1.23. The minimum absolute atomic E-state index is 1.23. The van der Waals surface area contributed by atoms with E-state index in [4.69, 9.17) is 5.21 Å². The van der Waals surface area contributed by atoms with E-state index >= 15 is 0 Å². The summed E-state index contributed by atoms with van der Waals surface area (Å²) in [6.07, 6.45) is 4.24. The van der Waals surface area contributed by atoms with E-state index in [1.165, 1.54) is 11.1 Å². The van der Waals surface area contributed by atoms with Gasteiger partial charge in [-0.2, -0.15) is 0 Å². The monoisotopic (exact) mass is 225 g/mol. The summed E-state index contributed by atoms with van der Waals surface area (Å²) in [6, 6.07) is 20.6. The second kappa shape index (κ2) is 7.88. The Morgan fingerprint density at radius 1 is 0.765 bits per heavy atom. The summed E-state index contributed by atoms with van der Waals surface area (Å²) in [6.45, 7) is 2.67. The SMILES string of the molecule is C(=Cc1ccccc1)c1ccccc1.C=NO. The second-order valence-electron chi connectivity index (χ2n) is 3.30. The van der Waals surface area contributed by atoms with Gasteiger partial charge in [0.15, 0.2) is 0 Å². The first-order valence-corrected chi connectivity index (χ1v) is 5.25. The van der Waals surface area contributed by atoms with Gasteiger partial charge in [0.05, 0.1) is 0 Å². The number of hydrogen-bond acceptors (Lipinski definition) is 2. The van der Waals surface area contributed by atoms with Gasteiger partial charge >= 0.3 is 0 Å². The lowest BCUT2D eigenvalue weighted by Gasteiger charge is -1.92. The molecule has 0 unspecified atom stereocenters. The summed E-state index contributed by atoms with van der Waals surface area (Å²) in [5, 5.41) is 9.33. The van der Waals surface area contributed by atoms with Gasteiger partial charge in [0.1, 0.15) is 0 Å². The summed E-state index contributed by atoms with van der Waals surface area (Å²) in [5.74, 6) is 0. The molecule has 0 spiro atoms. The maximum Gasteiger partial charge on any atom is 0.0298 e. The topological polar surface area (TPSA) is 32.6 Å². The molecule has 17 heavy (non-hydrogen) atoms. The van der Waals surface area contributed by atoms with Gasteiger partial charge in [0.2, 0.25) is 0 Å². The van der Waals surface area contributed by atoms with E-state index in [0.29, 0.717) is 0 Å². The summed E-state index contributed by atoms with van der Waals surface area (Å²) in [5.41, 5.74) is 2.47. The van der Waals surface area contributed by atoms with Crippen LogP contribution in [0.5, 0.6) is 0 Å². The van der Waals surface area contributed by atoms with Crippen molar-refractivity contribution in [3.63, 3.8) is 0 Å². The Hall–Kier alpha value is -2.35. The van der Waals surface area contributed by atoms with E-state index < -0.39 is 0 Å². The number of oxime groups is 1. The lowest BCUT2D eigenvalue weighted by molar-refractivity contribution is 0.323. The van der Waals surface area contributed by atoms with Crippen molar-refractivity contribution in [2.45, 2.75) is 0 Å². The normalized spacial score (nSPS) is 9.41. The van der Waals surface area contributed by atoms with E-state index in [1.807, 2.05) is 36.4 Å². The van der Waals surface area contributed by atoms with Crippen LogP contribution >= 0.6 is 0 Å². The molecule has 0 saturated heterocycles. The first-order chi connectivity index (χ1) is 8.36. The molecular weight excluding hydrogens is 210 g/mol. The Morgan fingerprint density at radius 2 is 1.06 bits per heavy atom. The average Bonchev–Trinajstić information content (AvgIpc) is 2.40. The Balaban J connectivity index is 0.000000437. The summed E-state index contributed by atoms with van der Waals surface area (Å²) in [7, 11) is 0. The van der Waals surface area contributed by atoms with E-state index in [-0.39, 0.29) is 0 Å². The summed E-state index contributed by atoms with van der Waals surface area (Å²) >= 11 is 0.